The molecule has 1 aliphatic heterocycles. The highest BCUT2D eigenvalue weighted by molar-refractivity contribution is 7.14. The van der Waals surface area contributed by atoms with Crippen LogP contribution in [0.25, 0.3) is 11.4 Å². The molecule has 7 heteroatoms. The van der Waals surface area contributed by atoms with Crippen molar-refractivity contribution >= 4 is 28.2 Å². The Kier molecular flexibility index (Phi) is 5.36. The van der Waals surface area contributed by atoms with E-state index >= 15 is 0 Å². The van der Waals surface area contributed by atoms with Gasteiger partial charge in [-0.3, -0.25) is 9.88 Å². The molecule has 1 aliphatic carbocycles. The number of para-hydroxylation sites is 1. The smallest absolute Gasteiger partial charge is 0.415 e. The molecule has 3 heterocycles. The fraction of sp³-hybridized carbons (Fsp3) is 0.375. The fourth-order valence-corrected chi connectivity index (χ4v) is 5.20. The minimum Gasteiger partial charge on any atom is -0.441 e. The third-order valence-electron chi connectivity index (χ3n) is 6.25. The molecule has 1 N–H and O–H groups in total. The molecule has 0 atom stereocenters. The quantitative estimate of drug-likeness (QED) is 0.573. The van der Waals surface area contributed by atoms with Crippen molar-refractivity contribution in [1.82, 2.24) is 9.97 Å². The maximum absolute atomic E-state index is 12.5. The molecular formula is C24H26N4O2S. The molecule has 5 rings (SSSR count). The number of anilines is 2. The Labute approximate surface area is 186 Å². The first kappa shape index (κ1) is 20.0. The minimum atomic E-state index is -0.339. The van der Waals surface area contributed by atoms with Gasteiger partial charge in [0.05, 0.1) is 12.2 Å². The van der Waals surface area contributed by atoms with Crippen molar-refractivity contribution in [3.8, 4) is 11.4 Å². The van der Waals surface area contributed by atoms with Gasteiger partial charge in [-0.15, -0.1) is 11.3 Å². The average molecular weight is 435 g/mol. The molecule has 0 bridgehead atoms. The second kappa shape index (κ2) is 8.30. The summed E-state index contributed by atoms with van der Waals surface area (Å²) in [6.45, 7) is 3.53. The van der Waals surface area contributed by atoms with Crippen LogP contribution < -0.4 is 10.2 Å². The monoisotopic (exact) mass is 434 g/mol. The first-order valence-corrected chi connectivity index (χ1v) is 11.7. The Morgan fingerprint density at radius 3 is 2.68 bits per heavy atom. The van der Waals surface area contributed by atoms with Crippen LogP contribution >= 0.6 is 11.3 Å². The van der Waals surface area contributed by atoms with Crippen molar-refractivity contribution in [3.05, 3.63) is 59.6 Å². The molecule has 2 aliphatic rings. The van der Waals surface area contributed by atoms with Crippen LogP contribution in [-0.4, -0.2) is 34.8 Å². The number of carbonyl (C=O) groups is 1. The zero-order valence-electron chi connectivity index (χ0n) is 17.6. The van der Waals surface area contributed by atoms with Crippen LogP contribution in [0, 0.1) is 12.8 Å². The van der Waals surface area contributed by atoms with Crippen molar-refractivity contribution in [2.75, 3.05) is 23.3 Å². The molecule has 0 unspecified atom stereocenters. The molecule has 2 aromatic heterocycles. The van der Waals surface area contributed by atoms with Crippen LogP contribution in [0.15, 0.2) is 53.9 Å². The van der Waals surface area contributed by atoms with Crippen molar-refractivity contribution in [2.24, 2.45) is 5.92 Å². The standard InChI is InChI=1S/C24H26N4O2S/c1-17-6-5-9-20(26-17)21-15-31-22(27-21)25-14-18-10-12-24(13-11-18)16-28(23(29)30-24)19-7-3-2-4-8-19/h2-9,15,18H,10-14,16H2,1H3,(H,25,27). The number of carbonyl (C=O) groups excluding carboxylic acids is 1. The number of thiazole rings is 1. The van der Waals surface area contributed by atoms with E-state index in [9.17, 15) is 4.79 Å². The second-order valence-electron chi connectivity index (χ2n) is 8.50. The van der Waals surface area contributed by atoms with Crippen LogP contribution in [0.3, 0.4) is 0 Å². The maximum atomic E-state index is 12.5. The molecular weight excluding hydrogens is 408 g/mol. The topological polar surface area (TPSA) is 67.4 Å². The Balaban J connectivity index is 1.15. The highest BCUT2D eigenvalue weighted by atomic mass is 32.1. The number of hydrogen-bond donors (Lipinski definition) is 1. The van der Waals surface area contributed by atoms with Crippen LogP contribution in [0.1, 0.15) is 31.4 Å². The van der Waals surface area contributed by atoms with E-state index in [4.69, 9.17) is 9.72 Å². The highest BCUT2D eigenvalue weighted by Gasteiger charge is 2.47. The molecule has 0 radical (unpaired) electrons. The fourth-order valence-electron chi connectivity index (χ4n) is 4.49. The van der Waals surface area contributed by atoms with Crippen LogP contribution in [-0.2, 0) is 4.74 Å². The minimum absolute atomic E-state index is 0.220. The predicted octanol–water partition coefficient (Wildman–Crippen LogP) is 5.51. The van der Waals surface area contributed by atoms with Crippen molar-refractivity contribution in [3.63, 3.8) is 0 Å². The molecule has 1 aromatic carbocycles. The van der Waals surface area contributed by atoms with E-state index in [1.54, 1.807) is 16.2 Å². The summed E-state index contributed by atoms with van der Waals surface area (Å²) in [5.74, 6) is 0.555. The number of rotatable bonds is 5. The molecule has 1 spiro atoms. The number of nitrogens with one attached hydrogen (secondary N) is 1. The second-order valence-corrected chi connectivity index (χ2v) is 9.36. The Morgan fingerprint density at radius 1 is 1.10 bits per heavy atom. The van der Waals surface area contributed by atoms with E-state index in [2.05, 4.69) is 15.7 Å². The average Bonchev–Trinajstić information content (AvgIpc) is 3.39. The lowest BCUT2D eigenvalue weighted by molar-refractivity contribution is 0.0148. The number of benzene rings is 1. The van der Waals surface area contributed by atoms with E-state index in [0.717, 1.165) is 60.1 Å². The Hall–Kier alpha value is -2.93. The number of aromatic nitrogens is 2. The Bertz CT molecular complexity index is 1060. The summed E-state index contributed by atoms with van der Waals surface area (Å²) in [6.07, 6.45) is 3.68. The molecule has 1 saturated heterocycles. The van der Waals surface area contributed by atoms with Gasteiger partial charge in [0.15, 0.2) is 5.13 Å². The third-order valence-corrected chi connectivity index (χ3v) is 7.05. The van der Waals surface area contributed by atoms with Crippen molar-refractivity contribution in [1.29, 1.82) is 0 Å². The van der Waals surface area contributed by atoms with E-state index in [1.165, 1.54) is 0 Å². The first-order valence-electron chi connectivity index (χ1n) is 10.8. The maximum Gasteiger partial charge on any atom is 0.415 e. The van der Waals surface area contributed by atoms with Gasteiger partial charge in [-0.25, -0.2) is 9.78 Å². The van der Waals surface area contributed by atoms with E-state index in [1.807, 2.05) is 55.5 Å². The van der Waals surface area contributed by atoms with Crippen molar-refractivity contribution in [2.45, 2.75) is 38.2 Å². The van der Waals surface area contributed by atoms with Gasteiger partial charge in [0.25, 0.3) is 0 Å². The summed E-state index contributed by atoms with van der Waals surface area (Å²) >= 11 is 1.62. The Morgan fingerprint density at radius 2 is 1.90 bits per heavy atom. The summed E-state index contributed by atoms with van der Waals surface area (Å²) in [5.41, 5.74) is 3.40. The lowest BCUT2D eigenvalue weighted by Gasteiger charge is -2.35. The van der Waals surface area contributed by atoms with Gasteiger partial charge in [-0.2, -0.15) is 0 Å². The lowest BCUT2D eigenvalue weighted by atomic mass is 9.78. The van der Waals surface area contributed by atoms with Gasteiger partial charge in [-0.05, 0) is 62.8 Å². The van der Waals surface area contributed by atoms with E-state index in [-0.39, 0.29) is 11.7 Å². The van der Waals surface area contributed by atoms with E-state index in [0.29, 0.717) is 12.5 Å². The van der Waals surface area contributed by atoms with Crippen LogP contribution in [0.4, 0.5) is 15.6 Å². The van der Waals surface area contributed by atoms with Crippen LogP contribution in [0.2, 0.25) is 0 Å². The van der Waals surface area contributed by atoms with Gasteiger partial charge >= 0.3 is 6.09 Å². The third kappa shape index (κ3) is 4.28. The molecule has 2 fully saturated rings. The largest absolute Gasteiger partial charge is 0.441 e. The molecule has 31 heavy (non-hydrogen) atoms. The number of pyridine rings is 1. The van der Waals surface area contributed by atoms with E-state index < -0.39 is 0 Å². The zero-order valence-corrected chi connectivity index (χ0v) is 18.4. The molecule has 6 nitrogen and oxygen atoms in total. The van der Waals surface area contributed by atoms with Gasteiger partial charge in [-0.1, -0.05) is 24.3 Å². The van der Waals surface area contributed by atoms with Gasteiger partial charge in [0.2, 0.25) is 0 Å². The first-order chi connectivity index (χ1) is 15.1. The summed E-state index contributed by atoms with van der Waals surface area (Å²) in [5, 5.41) is 6.49. The predicted molar refractivity (Wildman–Crippen MR) is 124 cm³/mol. The molecule has 1 saturated carbocycles. The van der Waals surface area contributed by atoms with Gasteiger partial charge in [0.1, 0.15) is 11.3 Å². The number of hydrogen-bond acceptors (Lipinski definition) is 6. The molecule has 160 valence electrons. The number of nitrogens with zero attached hydrogens (tertiary/aromatic N) is 3. The zero-order chi connectivity index (χ0) is 21.3. The van der Waals surface area contributed by atoms with Gasteiger partial charge in [0, 0.05) is 23.3 Å². The number of aryl methyl sites for hydroxylation is 1. The SMILES string of the molecule is Cc1cccc(-c2csc(NCC3CCC4(CC3)CN(c3ccccc3)C(=O)O4)n2)n1. The summed E-state index contributed by atoms with van der Waals surface area (Å²) in [4.78, 5) is 23.5. The summed E-state index contributed by atoms with van der Waals surface area (Å²) in [7, 11) is 0. The summed E-state index contributed by atoms with van der Waals surface area (Å²) in [6, 6.07) is 15.8. The van der Waals surface area contributed by atoms with Crippen molar-refractivity contribution < 1.29 is 9.53 Å². The lowest BCUT2D eigenvalue weighted by Crippen LogP contribution is -2.39. The number of ether oxygens (including phenoxy) is 1. The highest BCUT2D eigenvalue weighted by Crippen LogP contribution is 2.41. The molecule has 3 aromatic rings. The number of amides is 1. The van der Waals surface area contributed by atoms with Gasteiger partial charge < -0.3 is 10.1 Å². The molecule has 1 amide bonds. The summed E-state index contributed by atoms with van der Waals surface area (Å²) < 4.78 is 5.88. The normalized spacial score (nSPS) is 23.2. The van der Waals surface area contributed by atoms with Crippen LogP contribution in [0.5, 0.6) is 0 Å².